The summed E-state index contributed by atoms with van der Waals surface area (Å²) in [6.45, 7) is 2.37. The molecule has 0 heterocycles. The van der Waals surface area contributed by atoms with E-state index in [4.69, 9.17) is 10.6 Å². The molecule has 156 valence electrons. The number of aliphatic imine (C=N–C) groups is 1. The highest BCUT2D eigenvalue weighted by atomic mass is 16.5. The third-order valence-electron chi connectivity index (χ3n) is 4.54. The van der Waals surface area contributed by atoms with E-state index in [-0.39, 0.29) is 23.6 Å². The Balaban J connectivity index is 2.05. The van der Waals surface area contributed by atoms with Crippen LogP contribution in [0.1, 0.15) is 35.7 Å². The average Bonchev–Trinajstić information content (AvgIpc) is 3.58. The summed E-state index contributed by atoms with van der Waals surface area (Å²) < 4.78 is 5.44. The van der Waals surface area contributed by atoms with Gasteiger partial charge in [0.25, 0.3) is 11.8 Å². The predicted molar refractivity (Wildman–Crippen MR) is 116 cm³/mol. The second-order valence-corrected chi connectivity index (χ2v) is 6.80. The maximum Gasteiger partial charge on any atom is 0.274 e. The summed E-state index contributed by atoms with van der Waals surface area (Å²) in [7, 11) is 1.50. The molecule has 0 aliphatic heterocycles. The molecule has 1 aliphatic rings. The van der Waals surface area contributed by atoms with Crippen LogP contribution in [0.25, 0.3) is 0 Å². The molecule has 0 aromatic heterocycles. The molecular formula is C22H25N5O3. The van der Waals surface area contributed by atoms with Crippen molar-refractivity contribution in [3.63, 3.8) is 0 Å². The van der Waals surface area contributed by atoms with Gasteiger partial charge in [-0.2, -0.15) is 5.10 Å². The second kappa shape index (κ2) is 9.69. The van der Waals surface area contributed by atoms with Crippen molar-refractivity contribution in [2.75, 3.05) is 13.7 Å². The fraction of sp³-hybridized carbons (Fsp3) is 0.273. The first-order valence-corrected chi connectivity index (χ1v) is 9.76. The largest absolute Gasteiger partial charge is 0.494 e. The molecule has 2 amide bonds. The van der Waals surface area contributed by atoms with Crippen LogP contribution in [0.15, 0.2) is 58.6 Å². The minimum absolute atomic E-state index is 0.0305. The van der Waals surface area contributed by atoms with Crippen molar-refractivity contribution < 1.29 is 14.3 Å². The number of ether oxygens (including phenoxy) is 1. The molecular weight excluding hydrogens is 382 g/mol. The molecule has 0 bridgehead atoms. The monoisotopic (exact) mass is 407 g/mol. The zero-order chi connectivity index (χ0) is 21.5. The van der Waals surface area contributed by atoms with Gasteiger partial charge in [-0.1, -0.05) is 30.3 Å². The van der Waals surface area contributed by atoms with Gasteiger partial charge in [-0.3, -0.25) is 9.59 Å². The minimum Gasteiger partial charge on any atom is -0.494 e. The molecule has 4 N–H and O–H groups in total. The molecule has 1 aliphatic carbocycles. The Kier molecular flexibility index (Phi) is 6.79. The molecule has 0 spiro atoms. The van der Waals surface area contributed by atoms with Crippen molar-refractivity contribution in [2.45, 2.75) is 25.8 Å². The minimum atomic E-state index is -0.375. The summed E-state index contributed by atoms with van der Waals surface area (Å²) in [6.07, 6.45) is 1.88. The molecule has 8 nitrogen and oxygen atoms in total. The Morgan fingerprint density at radius 2 is 1.87 bits per heavy atom. The number of benzene rings is 2. The topological polar surface area (TPSA) is 118 Å². The van der Waals surface area contributed by atoms with Crippen molar-refractivity contribution in [1.82, 2.24) is 10.6 Å². The maximum atomic E-state index is 12.7. The number of hydrogen-bond donors (Lipinski definition) is 3. The van der Waals surface area contributed by atoms with E-state index < -0.39 is 0 Å². The van der Waals surface area contributed by atoms with Gasteiger partial charge in [0.05, 0.1) is 7.11 Å². The summed E-state index contributed by atoms with van der Waals surface area (Å²) in [5.74, 6) is 5.41. The molecule has 2 aromatic carbocycles. The number of nitrogens with zero attached hydrogens (tertiary/aromatic N) is 2. The first kappa shape index (κ1) is 21.0. The van der Waals surface area contributed by atoms with E-state index >= 15 is 0 Å². The third-order valence-corrected chi connectivity index (χ3v) is 4.54. The smallest absolute Gasteiger partial charge is 0.274 e. The SMILES string of the molecule is CCNC(=O)c1ccc(N=C(C(=NN)C(=O)NC2CC2)c2ccccc2)c(OC)c1. The standard InChI is InChI=1S/C22H25N5O3/c1-3-24-21(28)15-9-12-17(18(13-15)30-2)26-19(14-7-5-4-6-8-14)20(27-23)22(29)25-16-10-11-16/h4-9,12-13,16H,3,10-11,23H2,1-2H3,(H,24,28)(H,25,29). The van der Waals surface area contributed by atoms with E-state index in [9.17, 15) is 9.59 Å². The number of rotatable bonds is 8. The summed E-state index contributed by atoms with van der Waals surface area (Å²) in [5, 5.41) is 9.38. The number of hydrogen-bond acceptors (Lipinski definition) is 6. The van der Waals surface area contributed by atoms with E-state index in [1.54, 1.807) is 18.2 Å². The number of nitrogens with one attached hydrogen (secondary N) is 2. The van der Waals surface area contributed by atoms with Gasteiger partial charge in [-0.25, -0.2) is 4.99 Å². The number of amides is 2. The summed E-state index contributed by atoms with van der Waals surface area (Å²) in [5.41, 5.74) is 1.93. The zero-order valence-corrected chi connectivity index (χ0v) is 17.0. The van der Waals surface area contributed by atoms with Crippen molar-refractivity contribution in [3.8, 4) is 5.75 Å². The second-order valence-electron chi connectivity index (χ2n) is 6.80. The van der Waals surface area contributed by atoms with Crippen LogP contribution in [0.3, 0.4) is 0 Å². The Labute approximate surface area is 175 Å². The molecule has 0 atom stereocenters. The van der Waals surface area contributed by atoms with Crippen LogP contribution in [0, 0.1) is 0 Å². The van der Waals surface area contributed by atoms with Crippen molar-refractivity contribution in [2.24, 2.45) is 15.9 Å². The average molecular weight is 407 g/mol. The molecule has 2 aromatic rings. The Morgan fingerprint density at radius 1 is 1.13 bits per heavy atom. The number of nitrogens with two attached hydrogens (primary N) is 1. The Hall–Kier alpha value is -3.68. The van der Waals surface area contributed by atoms with Crippen molar-refractivity contribution in [1.29, 1.82) is 0 Å². The first-order chi connectivity index (χ1) is 14.6. The van der Waals surface area contributed by atoms with Gasteiger partial charge in [0.2, 0.25) is 0 Å². The predicted octanol–water partition coefficient (Wildman–Crippen LogP) is 2.16. The fourth-order valence-electron chi connectivity index (χ4n) is 2.85. The highest BCUT2D eigenvalue weighted by Gasteiger charge is 2.28. The van der Waals surface area contributed by atoms with E-state index in [0.717, 1.165) is 12.8 Å². The van der Waals surface area contributed by atoms with Gasteiger partial charge >= 0.3 is 0 Å². The van der Waals surface area contributed by atoms with Gasteiger partial charge in [-0.05, 0) is 38.0 Å². The van der Waals surface area contributed by atoms with Gasteiger partial charge in [0.15, 0.2) is 5.71 Å². The molecule has 0 unspecified atom stereocenters. The summed E-state index contributed by atoms with van der Waals surface area (Å²) >= 11 is 0. The lowest BCUT2D eigenvalue weighted by molar-refractivity contribution is -0.114. The lowest BCUT2D eigenvalue weighted by Gasteiger charge is -2.12. The fourth-order valence-corrected chi connectivity index (χ4v) is 2.85. The van der Waals surface area contributed by atoms with Crippen LogP contribution in [0.5, 0.6) is 5.75 Å². The van der Waals surface area contributed by atoms with Crippen LogP contribution in [0.2, 0.25) is 0 Å². The molecule has 3 rings (SSSR count). The van der Waals surface area contributed by atoms with Gasteiger partial charge < -0.3 is 21.2 Å². The van der Waals surface area contributed by atoms with E-state index in [2.05, 4.69) is 20.7 Å². The summed E-state index contributed by atoms with van der Waals surface area (Å²) in [4.78, 5) is 29.5. The molecule has 30 heavy (non-hydrogen) atoms. The Morgan fingerprint density at radius 3 is 2.47 bits per heavy atom. The van der Waals surface area contributed by atoms with Gasteiger partial charge in [0.1, 0.15) is 17.1 Å². The number of carbonyl (C=O) groups is 2. The molecule has 1 saturated carbocycles. The van der Waals surface area contributed by atoms with E-state index in [1.807, 2.05) is 37.3 Å². The van der Waals surface area contributed by atoms with Crippen molar-refractivity contribution in [3.05, 3.63) is 59.7 Å². The third kappa shape index (κ3) is 5.02. The molecule has 1 fully saturated rings. The molecule has 8 heteroatoms. The Bertz CT molecular complexity index is 982. The first-order valence-electron chi connectivity index (χ1n) is 9.76. The summed E-state index contributed by atoms with van der Waals surface area (Å²) in [6, 6.07) is 14.3. The van der Waals surface area contributed by atoms with E-state index in [1.165, 1.54) is 7.11 Å². The van der Waals surface area contributed by atoms with Crippen LogP contribution < -0.4 is 21.2 Å². The molecule has 0 saturated heterocycles. The number of hydrazone groups is 1. The highest BCUT2D eigenvalue weighted by Crippen LogP contribution is 2.29. The van der Waals surface area contributed by atoms with Gasteiger partial charge in [0, 0.05) is 23.7 Å². The van der Waals surface area contributed by atoms with Crippen LogP contribution in [-0.4, -0.2) is 42.9 Å². The maximum absolute atomic E-state index is 12.7. The lowest BCUT2D eigenvalue weighted by Crippen LogP contribution is -2.38. The van der Waals surface area contributed by atoms with Crippen LogP contribution >= 0.6 is 0 Å². The number of methoxy groups -OCH3 is 1. The van der Waals surface area contributed by atoms with E-state index in [0.29, 0.717) is 34.8 Å². The normalized spacial score (nSPS) is 14.2. The molecule has 0 radical (unpaired) electrons. The number of carbonyl (C=O) groups excluding carboxylic acids is 2. The van der Waals surface area contributed by atoms with Crippen LogP contribution in [-0.2, 0) is 4.79 Å². The quantitative estimate of drug-likeness (QED) is 0.353. The van der Waals surface area contributed by atoms with Gasteiger partial charge in [-0.15, -0.1) is 0 Å². The highest BCUT2D eigenvalue weighted by molar-refractivity contribution is 6.70. The van der Waals surface area contributed by atoms with Crippen molar-refractivity contribution >= 4 is 28.9 Å². The van der Waals surface area contributed by atoms with Crippen LogP contribution in [0.4, 0.5) is 5.69 Å². The zero-order valence-electron chi connectivity index (χ0n) is 17.0. The lowest BCUT2D eigenvalue weighted by atomic mass is 10.0.